The number of ether oxygens (including phenoxy) is 2. The van der Waals surface area contributed by atoms with Crippen LogP contribution in [0.25, 0.3) is 0 Å². The van der Waals surface area contributed by atoms with Crippen LogP contribution in [-0.2, 0) is 13.0 Å². The van der Waals surface area contributed by atoms with Crippen LogP contribution in [0.2, 0.25) is 5.28 Å². The Morgan fingerprint density at radius 2 is 1.90 bits per heavy atom. The van der Waals surface area contributed by atoms with E-state index in [1.807, 2.05) is 22.8 Å². The third kappa shape index (κ3) is 3.04. The molecule has 0 bridgehead atoms. The molecule has 1 heterocycles. The van der Waals surface area contributed by atoms with Gasteiger partial charge in [-0.05, 0) is 35.7 Å². The summed E-state index contributed by atoms with van der Waals surface area (Å²) in [6.45, 7) is 2.71. The Hall–Kier alpha value is -1.75. The number of aryl methyl sites for hydroxylation is 1. The van der Waals surface area contributed by atoms with Crippen LogP contribution in [0, 0.1) is 0 Å². The molecule has 2 rings (SSSR count). The van der Waals surface area contributed by atoms with Crippen molar-refractivity contribution in [1.82, 2.24) is 14.8 Å². The van der Waals surface area contributed by atoms with Crippen molar-refractivity contribution in [2.45, 2.75) is 26.3 Å². The number of benzene rings is 1. The van der Waals surface area contributed by atoms with Gasteiger partial charge in [0.05, 0.1) is 20.8 Å². The molecule has 108 valence electrons. The first-order chi connectivity index (χ1) is 9.69. The van der Waals surface area contributed by atoms with E-state index in [-0.39, 0.29) is 0 Å². The van der Waals surface area contributed by atoms with Crippen molar-refractivity contribution >= 4 is 11.6 Å². The van der Waals surface area contributed by atoms with Gasteiger partial charge < -0.3 is 9.47 Å². The lowest BCUT2D eigenvalue weighted by Crippen LogP contribution is -2.06. The molecule has 0 amide bonds. The first-order valence-electron chi connectivity index (χ1n) is 6.48. The second-order valence-corrected chi connectivity index (χ2v) is 4.75. The lowest BCUT2D eigenvalue weighted by atomic mass is 10.2. The fourth-order valence-corrected chi connectivity index (χ4v) is 2.24. The van der Waals surface area contributed by atoms with Gasteiger partial charge in [0.2, 0.25) is 5.28 Å². The van der Waals surface area contributed by atoms with E-state index in [0.717, 1.165) is 24.2 Å². The summed E-state index contributed by atoms with van der Waals surface area (Å²) in [4.78, 5) is 0. The van der Waals surface area contributed by atoms with Crippen LogP contribution in [-0.4, -0.2) is 29.0 Å². The van der Waals surface area contributed by atoms with Crippen LogP contribution in [0.3, 0.4) is 0 Å². The van der Waals surface area contributed by atoms with Crippen LogP contribution in [0.4, 0.5) is 0 Å². The summed E-state index contributed by atoms with van der Waals surface area (Å²) >= 11 is 6.10. The molecule has 0 aliphatic rings. The van der Waals surface area contributed by atoms with Crippen molar-refractivity contribution in [2.75, 3.05) is 14.2 Å². The maximum Gasteiger partial charge on any atom is 0.225 e. The monoisotopic (exact) mass is 295 g/mol. The molecule has 0 aliphatic heterocycles. The first kappa shape index (κ1) is 14.7. The number of hydrogen-bond donors (Lipinski definition) is 0. The Bertz CT molecular complexity index is 584. The summed E-state index contributed by atoms with van der Waals surface area (Å²) in [6, 6.07) is 5.80. The standard InChI is InChI=1S/C14H18ClN3O2/c1-4-5-13-16-17-14(15)18(13)9-10-6-7-11(19-2)12(8-10)20-3/h6-8H,4-5,9H2,1-3H3. The van der Waals surface area contributed by atoms with Crippen molar-refractivity contribution in [3.8, 4) is 11.5 Å². The SMILES string of the molecule is CCCc1nnc(Cl)n1Cc1ccc(OC)c(OC)c1. The molecule has 20 heavy (non-hydrogen) atoms. The van der Waals surface area contributed by atoms with Gasteiger partial charge in [0, 0.05) is 6.42 Å². The minimum absolute atomic E-state index is 0.406. The highest BCUT2D eigenvalue weighted by Crippen LogP contribution is 2.28. The summed E-state index contributed by atoms with van der Waals surface area (Å²) in [5, 5.41) is 8.44. The maximum atomic E-state index is 6.10. The van der Waals surface area contributed by atoms with Gasteiger partial charge in [0.1, 0.15) is 5.82 Å². The molecule has 0 saturated heterocycles. The van der Waals surface area contributed by atoms with E-state index < -0.39 is 0 Å². The van der Waals surface area contributed by atoms with Gasteiger partial charge in [-0.1, -0.05) is 13.0 Å². The second-order valence-electron chi connectivity index (χ2n) is 4.41. The first-order valence-corrected chi connectivity index (χ1v) is 6.85. The third-order valence-electron chi connectivity index (χ3n) is 3.04. The second kappa shape index (κ2) is 6.61. The van der Waals surface area contributed by atoms with E-state index in [2.05, 4.69) is 17.1 Å². The smallest absolute Gasteiger partial charge is 0.225 e. The number of hydrogen-bond acceptors (Lipinski definition) is 4. The van der Waals surface area contributed by atoms with E-state index in [4.69, 9.17) is 21.1 Å². The zero-order valence-corrected chi connectivity index (χ0v) is 12.6. The summed E-state index contributed by atoms with van der Waals surface area (Å²) in [5.74, 6) is 2.30. The molecular formula is C14H18ClN3O2. The van der Waals surface area contributed by atoms with Gasteiger partial charge in [0.15, 0.2) is 11.5 Å². The Morgan fingerprint density at radius 3 is 2.55 bits per heavy atom. The quantitative estimate of drug-likeness (QED) is 0.822. The molecule has 0 spiro atoms. The Kier molecular flexibility index (Phi) is 4.84. The highest BCUT2D eigenvalue weighted by atomic mass is 35.5. The zero-order valence-electron chi connectivity index (χ0n) is 11.9. The fraction of sp³-hybridized carbons (Fsp3) is 0.429. The molecular weight excluding hydrogens is 278 g/mol. The number of aromatic nitrogens is 3. The predicted molar refractivity (Wildman–Crippen MR) is 77.7 cm³/mol. The van der Waals surface area contributed by atoms with E-state index >= 15 is 0 Å². The van der Waals surface area contributed by atoms with Crippen LogP contribution >= 0.6 is 11.6 Å². The molecule has 1 aromatic heterocycles. The van der Waals surface area contributed by atoms with Gasteiger partial charge >= 0.3 is 0 Å². The molecule has 5 nitrogen and oxygen atoms in total. The van der Waals surface area contributed by atoms with Gasteiger partial charge in [-0.2, -0.15) is 0 Å². The van der Waals surface area contributed by atoms with E-state index in [1.54, 1.807) is 14.2 Å². The van der Waals surface area contributed by atoms with Gasteiger partial charge in [0.25, 0.3) is 0 Å². The van der Waals surface area contributed by atoms with Crippen molar-refractivity contribution in [3.05, 3.63) is 34.9 Å². The number of halogens is 1. The molecule has 2 aromatic rings. The van der Waals surface area contributed by atoms with Crippen molar-refractivity contribution < 1.29 is 9.47 Å². The predicted octanol–water partition coefficient (Wildman–Crippen LogP) is 2.95. The highest BCUT2D eigenvalue weighted by Gasteiger charge is 2.11. The van der Waals surface area contributed by atoms with Crippen molar-refractivity contribution in [2.24, 2.45) is 0 Å². The minimum Gasteiger partial charge on any atom is -0.493 e. The van der Waals surface area contributed by atoms with Crippen LogP contribution in [0.5, 0.6) is 11.5 Å². The third-order valence-corrected chi connectivity index (χ3v) is 3.32. The molecule has 6 heteroatoms. The lowest BCUT2D eigenvalue weighted by Gasteiger charge is -2.11. The van der Waals surface area contributed by atoms with E-state index in [9.17, 15) is 0 Å². The van der Waals surface area contributed by atoms with E-state index in [0.29, 0.717) is 23.3 Å². The van der Waals surface area contributed by atoms with Crippen LogP contribution < -0.4 is 9.47 Å². The summed E-state index contributed by atoms with van der Waals surface area (Å²) in [6.07, 6.45) is 1.86. The van der Waals surface area contributed by atoms with Crippen LogP contribution in [0.1, 0.15) is 24.7 Å². The molecule has 0 fully saturated rings. The van der Waals surface area contributed by atoms with Gasteiger partial charge in [-0.25, -0.2) is 0 Å². The molecule has 0 N–H and O–H groups in total. The fourth-order valence-electron chi connectivity index (χ4n) is 2.04. The molecule has 0 aliphatic carbocycles. The number of methoxy groups -OCH3 is 2. The maximum absolute atomic E-state index is 6.10. The topological polar surface area (TPSA) is 49.2 Å². The largest absolute Gasteiger partial charge is 0.493 e. The summed E-state index contributed by atoms with van der Waals surface area (Å²) in [5.41, 5.74) is 1.06. The zero-order chi connectivity index (χ0) is 14.5. The van der Waals surface area contributed by atoms with Crippen molar-refractivity contribution in [3.63, 3.8) is 0 Å². The highest BCUT2D eigenvalue weighted by molar-refractivity contribution is 6.28. The Balaban J connectivity index is 2.28. The Morgan fingerprint density at radius 1 is 1.15 bits per heavy atom. The summed E-state index contributed by atoms with van der Waals surface area (Å²) in [7, 11) is 3.24. The molecule has 1 aromatic carbocycles. The Labute approximate surface area is 123 Å². The van der Waals surface area contributed by atoms with Crippen molar-refractivity contribution in [1.29, 1.82) is 0 Å². The summed E-state index contributed by atoms with van der Waals surface area (Å²) < 4.78 is 12.4. The minimum atomic E-state index is 0.406. The normalized spacial score (nSPS) is 10.6. The van der Waals surface area contributed by atoms with Gasteiger partial charge in [-0.3, -0.25) is 4.57 Å². The number of rotatable bonds is 6. The lowest BCUT2D eigenvalue weighted by molar-refractivity contribution is 0.354. The molecule has 0 atom stereocenters. The van der Waals surface area contributed by atoms with Crippen LogP contribution in [0.15, 0.2) is 18.2 Å². The molecule has 0 saturated carbocycles. The van der Waals surface area contributed by atoms with E-state index in [1.165, 1.54) is 0 Å². The average Bonchev–Trinajstić information content (AvgIpc) is 2.80. The average molecular weight is 296 g/mol. The molecule has 0 radical (unpaired) electrons. The number of nitrogens with zero attached hydrogens (tertiary/aromatic N) is 3. The molecule has 0 unspecified atom stereocenters. The van der Waals surface area contributed by atoms with Gasteiger partial charge in [-0.15, -0.1) is 10.2 Å².